The summed E-state index contributed by atoms with van der Waals surface area (Å²) in [6.07, 6.45) is 3.25. The van der Waals surface area contributed by atoms with E-state index >= 15 is 0 Å². The lowest BCUT2D eigenvalue weighted by Gasteiger charge is -2.24. The molecule has 3 rings (SSSR count). The van der Waals surface area contributed by atoms with Crippen LogP contribution in [0.2, 0.25) is 0 Å². The minimum atomic E-state index is 0.444. The van der Waals surface area contributed by atoms with E-state index in [1.54, 1.807) is 0 Å². The second-order valence-electron chi connectivity index (χ2n) is 3.90. The molecule has 3 heterocycles. The smallest absolute Gasteiger partial charge is 0.203 e. The highest BCUT2D eigenvalue weighted by atomic mass is 32.1. The zero-order valence-corrected chi connectivity index (χ0v) is 9.42. The van der Waals surface area contributed by atoms with Crippen LogP contribution >= 0.6 is 11.3 Å². The number of nitrogens with one attached hydrogen (secondary N) is 1. The Balaban J connectivity index is 1.89. The van der Waals surface area contributed by atoms with Gasteiger partial charge in [0.1, 0.15) is 0 Å². The highest BCUT2D eigenvalue weighted by molar-refractivity contribution is 7.10. The molecule has 0 saturated carbocycles. The molecule has 15 heavy (non-hydrogen) atoms. The number of rotatable bonds is 1. The van der Waals surface area contributed by atoms with Crippen LogP contribution < -0.4 is 5.32 Å². The van der Waals surface area contributed by atoms with Crippen LogP contribution in [0.25, 0.3) is 0 Å². The number of anilines is 1. The van der Waals surface area contributed by atoms with E-state index in [4.69, 9.17) is 0 Å². The van der Waals surface area contributed by atoms with Crippen LogP contribution in [0.4, 0.5) is 5.95 Å². The van der Waals surface area contributed by atoms with Crippen LogP contribution in [0.3, 0.4) is 0 Å². The van der Waals surface area contributed by atoms with E-state index in [0.717, 1.165) is 24.6 Å². The van der Waals surface area contributed by atoms with Crippen LogP contribution in [0.15, 0.2) is 23.7 Å². The minimum absolute atomic E-state index is 0.444. The summed E-state index contributed by atoms with van der Waals surface area (Å²) in [6.45, 7) is 3.10. The number of imidazole rings is 1. The van der Waals surface area contributed by atoms with Gasteiger partial charge in [-0.25, -0.2) is 4.98 Å². The topological polar surface area (TPSA) is 29.9 Å². The van der Waals surface area contributed by atoms with Crippen molar-refractivity contribution < 1.29 is 0 Å². The molecule has 0 saturated heterocycles. The molecule has 0 amide bonds. The second-order valence-corrected chi connectivity index (χ2v) is 4.88. The standard InChI is InChI=1S/C11H13N3S/c1-8-7-14-5-4-9(13-11(14)12-8)10-3-2-6-15-10/h2-3,6-7,9H,4-5H2,1H3,(H,12,13). The summed E-state index contributed by atoms with van der Waals surface area (Å²) in [5.74, 6) is 1.01. The zero-order valence-electron chi connectivity index (χ0n) is 8.60. The Morgan fingerprint density at radius 3 is 3.33 bits per heavy atom. The average Bonchev–Trinajstić information content (AvgIpc) is 2.82. The summed E-state index contributed by atoms with van der Waals surface area (Å²) < 4.78 is 2.19. The monoisotopic (exact) mass is 219 g/mol. The first-order chi connectivity index (χ1) is 7.33. The Labute approximate surface area is 92.8 Å². The maximum Gasteiger partial charge on any atom is 0.203 e. The first-order valence-electron chi connectivity index (χ1n) is 5.16. The van der Waals surface area contributed by atoms with Crippen molar-refractivity contribution in [2.75, 3.05) is 5.32 Å². The summed E-state index contributed by atoms with van der Waals surface area (Å²) in [4.78, 5) is 5.87. The molecular weight excluding hydrogens is 206 g/mol. The number of hydrogen-bond acceptors (Lipinski definition) is 3. The van der Waals surface area contributed by atoms with Crippen molar-refractivity contribution >= 4 is 17.3 Å². The van der Waals surface area contributed by atoms with Crippen LogP contribution in [-0.2, 0) is 6.54 Å². The van der Waals surface area contributed by atoms with Crippen molar-refractivity contribution in [3.63, 3.8) is 0 Å². The molecule has 0 spiro atoms. The molecule has 1 unspecified atom stereocenters. The Bertz CT molecular complexity index is 458. The molecule has 0 aromatic carbocycles. The van der Waals surface area contributed by atoms with Gasteiger partial charge in [0, 0.05) is 17.6 Å². The number of aryl methyl sites for hydroxylation is 2. The lowest BCUT2D eigenvalue weighted by molar-refractivity contribution is 0.547. The Hall–Kier alpha value is -1.29. The molecule has 0 bridgehead atoms. The van der Waals surface area contributed by atoms with Gasteiger partial charge in [-0.05, 0) is 24.8 Å². The van der Waals surface area contributed by atoms with E-state index in [1.807, 2.05) is 18.3 Å². The highest BCUT2D eigenvalue weighted by Crippen LogP contribution is 2.30. The lowest BCUT2D eigenvalue weighted by atomic mass is 10.1. The summed E-state index contributed by atoms with van der Waals surface area (Å²) in [6, 6.07) is 4.74. The largest absolute Gasteiger partial charge is 0.348 e. The van der Waals surface area contributed by atoms with E-state index in [0.29, 0.717) is 6.04 Å². The lowest BCUT2D eigenvalue weighted by Crippen LogP contribution is -2.21. The third-order valence-electron chi connectivity index (χ3n) is 2.75. The SMILES string of the molecule is Cc1cn2c(n1)NC(c1cccs1)CC2. The van der Waals surface area contributed by atoms with Gasteiger partial charge in [0.05, 0.1) is 11.7 Å². The molecule has 1 aliphatic heterocycles. The molecule has 0 aliphatic carbocycles. The molecule has 1 atom stereocenters. The molecule has 1 N–H and O–H groups in total. The van der Waals surface area contributed by atoms with Crippen LogP contribution in [0, 0.1) is 6.92 Å². The summed E-state index contributed by atoms with van der Waals surface area (Å²) in [5.41, 5.74) is 1.09. The van der Waals surface area contributed by atoms with E-state index in [2.05, 4.69) is 38.6 Å². The van der Waals surface area contributed by atoms with Gasteiger partial charge in [-0.15, -0.1) is 11.3 Å². The van der Waals surface area contributed by atoms with Crippen LogP contribution in [-0.4, -0.2) is 9.55 Å². The van der Waals surface area contributed by atoms with Crippen molar-refractivity contribution in [2.45, 2.75) is 25.9 Å². The van der Waals surface area contributed by atoms with E-state index in [-0.39, 0.29) is 0 Å². The number of nitrogens with zero attached hydrogens (tertiary/aromatic N) is 2. The van der Waals surface area contributed by atoms with Crippen molar-refractivity contribution in [1.29, 1.82) is 0 Å². The minimum Gasteiger partial charge on any atom is -0.348 e. The Morgan fingerprint density at radius 1 is 1.60 bits per heavy atom. The predicted octanol–water partition coefficient (Wildman–Crippen LogP) is 2.81. The molecule has 4 heteroatoms. The van der Waals surface area contributed by atoms with Gasteiger partial charge in [0.15, 0.2) is 0 Å². The second kappa shape index (κ2) is 3.38. The number of aromatic nitrogens is 2. The van der Waals surface area contributed by atoms with Crippen LogP contribution in [0.1, 0.15) is 23.0 Å². The Morgan fingerprint density at radius 2 is 2.53 bits per heavy atom. The van der Waals surface area contributed by atoms with E-state index in [9.17, 15) is 0 Å². The molecule has 0 fully saturated rings. The summed E-state index contributed by atoms with van der Waals surface area (Å²) in [7, 11) is 0. The highest BCUT2D eigenvalue weighted by Gasteiger charge is 2.20. The van der Waals surface area contributed by atoms with Gasteiger partial charge in [-0.2, -0.15) is 0 Å². The van der Waals surface area contributed by atoms with Gasteiger partial charge < -0.3 is 9.88 Å². The maximum atomic E-state index is 4.47. The van der Waals surface area contributed by atoms with Gasteiger partial charge in [0.25, 0.3) is 0 Å². The van der Waals surface area contributed by atoms with Crippen molar-refractivity contribution in [1.82, 2.24) is 9.55 Å². The van der Waals surface area contributed by atoms with Gasteiger partial charge in [-0.3, -0.25) is 0 Å². The molecule has 1 aliphatic rings. The van der Waals surface area contributed by atoms with Gasteiger partial charge >= 0.3 is 0 Å². The summed E-state index contributed by atoms with van der Waals surface area (Å²) in [5, 5.41) is 5.61. The summed E-state index contributed by atoms with van der Waals surface area (Å²) >= 11 is 1.81. The van der Waals surface area contributed by atoms with E-state index in [1.165, 1.54) is 4.88 Å². The fraction of sp³-hybridized carbons (Fsp3) is 0.364. The number of fused-ring (bicyclic) bond motifs is 1. The van der Waals surface area contributed by atoms with E-state index < -0.39 is 0 Å². The maximum absolute atomic E-state index is 4.47. The molecule has 2 aromatic heterocycles. The van der Waals surface area contributed by atoms with Gasteiger partial charge in [-0.1, -0.05) is 6.07 Å². The first-order valence-corrected chi connectivity index (χ1v) is 6.04. The normalized spacial score (nSPS) is 19.7. The Kier molecular flexibility index (Phi) is 2.02. The number of hydrogen-bond donors (Lipinski definition) is 1. The first kappa shape index (κ1) is 8.97. The molecule has 78 valence electrons. The molecule has 0 radical (unpaired) electrons. The average molecular weight is 219 g/mol. The van der Waals surface area contributed by atoms with Crippen LogP contribution in [0.5, 0.6) is 0 Å². The van der Waals surface area contributed by atoms with Crippen molar-refractivity contribution in [3.8, 4) is 0 Å². The van der Waals surface area contributed by atoms with Crippen molar-refractivity contribution in [3.05, 3.63) is 34.3 Å². The third kappa shape index (κ3) is 1.55. The fourth-order valence-corrected chi connectivity index (χ4v) is 2.84. The van der Waals surface area contributed by atoms with Gasteiger partial charge in [0.2, 0.25) is 5.95 Å². The third-order valence-corrected chi connectivity index (χ3v) is 3.73. The zero-order chi connectivity index (χ0) is 10.3. The predicted molar refractivity (Wildman–Crippen MR) is 62.3 cm³/mol. The van der Waals surface area contributed by atoms with Crippen molar-refractivity contribution in [2.24, 2.45) is 0 Å². The quantitative estimate of drug-likeness (QED) is 0.799. The molecule has 2 aromatic rings. The molecular formula is C11H13N3S. The number of thiophene rings is 1. The molecule has 3 nitrogen and oxygen atoms in total. The fourth-order valence-electron chi connectivity index (χ4n) is 2.03.